The molecule has 0 fully saturated rings. The minimum Gasteiger partial charge on any atom is -0.465 e. The molecule has 1 amide bonds. The number of hydrogen-bond acceptors (Lipinski definition) is 5. The standard InChI is InChI=1S/C17H16BrN3O4/c1-25-16(22)13-4-5-19-7-14(13)20-8-15-12-3-2-11(18)6-10(12)9-21(15)17(23)24/h2-7,15,20H,8-9H2,1H3,(H,23,24)/t15-/m1/s1. The Bertz CT molecular complexity index is 827. The van der Waals surface area contributed by atoms with Gasteiger partial charge in [0.15, 0.2) is 0 Å². The number of aromatic nitrogens is 1. The summed E-state index contributed by atoms with van der Waals surface area (Å²) in [6.07, 6.45) is 2.04. The summed E-state index contributed by atoms with van der Waals surface area (Å²) in [5.74, 6) is -0.476. The fourth-order valence-electron chi connectivity index (χ4n) is 2.95. The summed E-state index contributed by atoms with van der Waals surface area (Å²) in [4.78, 5) is 28.8. The van der Waals surface area contributed by atoms with E-state index < -0.39 is 12.1 Å². The molecule has 1 atom stereocenters. The zero-order valence-corrected chi connectivity index (χ0v) is 15.0. The first kappa shape index (κ1) is 17.2. The van der Waals surface area contributed by atoms with Gasteiger partial charge in [0.25, 0.3) is 0 Å². The molecule has 2 aromatic rings. The molecule has 8 heteroatoms. The van der Waals surface area contributed by atoms with Crippen molar-refractivity contribution < 1.29 is 19.4 Å². The van der Waals surface area contributed by atoms with Crippen LogP contribution in [0.5, 0.6) is 0 Å². The number of carbonyl (C=O) groups excluding carboxylic acids is 1. The van der Waals surface area contributed by atoms with Gasteiger partial charge in [0.05, 0.1) is 37.1 Å². The molecular formula is C17H16BrN3O4. The summed E-state index contributed by atoms with van der Waals surface area (Å²) in [5, 5.41) is 12.6. The molecule has 3 rings (SSSR count). The van der Waals surface area contributed by atoms with Crippen LogP contribution in [0.3, 0.4) is 0 Å². The van der Waals surface area contributed by atoms with Crippen molar-refractivity contribution in [2.45, 2.75) is 12.6 Å². The first-order chi connectivity index (χ1) is 12.0. The second kappa shape index (κ2) is 7.10. The largest absolute Gasteiger partial charge is 0.465 e. The molecule has 1 aromatic heterocycles. The quantitative estimate of drug-likeness (QED) is 0.758. The van der Waals surface area contributed by atoms with Crippen LogP contribution < -0.4 is 5.32 Å². The van der Waals surface area contributed by atoms with Gasteiger partial charge in [0.1, 0.15) is 0 Å². The summed E-state index contributed by atoms with van der Waals surface area (Å²) in [5.41, 5.74) is 2.77. The van der Waals surface area contributed by atoms with Crippen molar-refractivity contribution in [3.8, 4) is 0 Å². The van der Waals surface area contributed by atoms with Crippen LogP contribution in [0.15, 0.2) is 41.1 Å². The van der Waals surface area contributed by atoms with E-state index in [-0.39, 0.29) is 6.04 Å². The Morgan fingerprint density at radius 3 is 2.96 bits per heavy atom. The molecular weight excluding hydrogens is 390 g/mol. The van der Waals surface area contributed by atoms with E-state index in [4.69, 9.17) is 4.74 Å². The SMILES string of the molecule is COC(=O)c1ccncc1NC[C@@H]1c2ccc(Br)cc2CN1C(=O)O. The molecule has 1 aliphatic rings. The van der Waals surface area contributed by atoms with Gasteiger partial charge in [-0.25, -0.2) is 9.59 Å². The monoisotopic (exact) mass is 405 g/mol. The second-order valence-corrected chi connectivity index (χ2v) is 6.48. The first-order valence-corrected chi connectivity index (χ1v) is 8.34. The Morgan fingerprint density at radius 1 is 1.44 bits per heavy atom. The van der Waals surface area contributed by atoms with Gasteiger partial charge in [-0.3, -0.25) is 9.88 Å². The molecule has 0 radical (unpaired) electrons. The number of fused-ring (bicyclic) bond motifs is 1. The van der Waals surface area contributed by atoms with Gasteiger partial charge in [-0.2, -0.15) is 0 Å². The number of halogens is 1. The number of anilines is 1. The molecule has 25 heavy (non-hydrogen) atoms. The maximum Gasteiger partial charge on any atom is 0.408 e. The second-order valence-electron chi connectivity index (χ2n) is 5.56. The number of nitrogens with one attached hydrogen (secondary N) is 1. The van der Waals surface area contributed by atoms with Crippen molar-refractivity contribution >= 4 is 33.7 Å². The molecule has 1 aromatic carbocycles. The van der Waals surface area contributed by atoms with Crippen LogP contribution in [0.25, 0.3) is 0 Å². The number of carbonyl (C=O) groups is 2. The predicted molar refractivity (Wildman–Crippen MR) is 94.5 cm³/mol. The fourth-order valence-corrected chi connectivity index (χ4v) is 3.36. The maximum absolute atomic E-state index is 11.8. The Hall–Kier alpha value is -2.61. The van der Waals surface area contributed by atoms with Crippen LogP contribution in [0.4, 0.5) is 10.5 Å². The van der Waals surface area contributed by atoms with E-state index in [0.29, 0.717) is 24.3 Å². The molecule has 130 valence electrons. The van der Waals surface area contributed by atoms with E-state index in [0.717, 1.165) is 15.6 Å². The zero-order valence-electron chi connectivity index (χ0n) is 13.4. The average Bonchev–Trinajstić information content (AvgIpc) is 2.97. The Morgan fingerprint density at radius 2 is 2.24 bits per heavy atom. The molecule has 7 nitrogen and oxygen atoms in total. The number of rotatable bonds is 4. The van der Waals surface area contributed by atoms with Gasteiger partial charge in [0, 0.05) is 17.2 Å². The van der Waals surface area contributed by atoms with E-state index in [1.807, 2.05) is 18.2 Å². The Labute approximate surface area is 152 Å². The number of hydrogen-bond donors (Lipinski definition) is 2. The molecule has 0 bridgehead atoms. The highest BCUT2D eigenvalue weighted by Crippen LogP contribution is 2.35. The number of nitrogens with zero attached hydrogens (tertiary/aromatic N) is 2. The third-order valence-corrected chi connectivity index (χ3v) is 4.63. The molecule has 0 unspecified atom stereocenters. The normalized spacial score (nSPS) is 15.6. The molecule has 0 aliphatic carbocycles. The topological polar surface area (TPSA) is 91.8 Å². The number of esters is 1. The third-order valence-electron chi connectivity index (χ3n) is 4.14. The van der Waals surface area contributed by atoms with Crippen molar-refractivity contribution in [3.05, 3.63) is 57.8 Å². The van der Waals surface area contributed by atoms with Crippen molar-refractivity contribution in [3.63, 3.8) is 0 Å². The summed E-state index contributed by atoms with van der Waals surface area (Å²) < 4.78 is 5.67. The predicted octanol–water partition coefficient (Wildman–Crippen LogP) is 3.28. The number of ether oxygens (including phenoxy) is 1. The molecule has 1 aliphatic heterocycles. The van der Waals surface area contributed by atoms with Crippen LogP contribution >= 0.6 is 15.9 Å². The van der Waals surface area contributed by atoms with Crippen LogP contribution in [0.2, 0.25) is 0 Å². The lowest BCUT2D eigenvalue weighted by atomic mass is 10.0. The zero-order chi connectivity index (χ0) is 18.0. The van der Waals surface area contributed by atoms with Gasteiger partial charge in [-0.15, -0.1) is 0 Å². The summed E-state index contributed by atoms with van der Waals surface area (Å²) in [6.45, 7) is 0.643. The smallest absolute Gasteiger partial charge is 0.408 e. The lowest BCUT2D eigenvalue weighted by Crippen LogP contribution is -2.32. The summed E-state index contributed by atoms with van der Waals surface area (Å²) >= 11 is 3.41. The Balaban J connectivity index is 1.85. The van der Waals surface area contributed by atoms with Crippen molar-refractivity contribution in [2.24, 2.45) is 0 Å². The lowest BCUT2D eigenvalue weighted by molar-refractivity contribution is 0.0601. The van der Waals surface area contributed by atoms with E-state index >= 15 is 0 Å². The van der Waals surface area contributed by atoms with Gasteiger partial charge in [0.2, 0.25) is 0 Å². The molecule has 0 spiro atoms. The van der Waals surface area contributed by atoms with E-state index in [2.05, 4.69) is 26.2 Å². The number of pyridine rings is 1. The lowest BCUT2D eigenvalue weighted by Gasteiger charge is -2.23. The molecule has 0 saturated carbocycles. The number of carboxylic acid groups (broad SMARTS) is 1. The molecule has 2 heterocycles. The highest BCUT2D eigenvalue weighted by Gasteiger charge is 2.33. The minimum atomic E-state index is -0.987. The van der Waals surface area contributed by atoms with E-state index in [1.54, 1.807) is 6.07 Å². The van der Waals surface area contributed by atoms with Crippen molar-refractivity contribution in [1.29, 1.82) is 0 Å². The van der Waals surface area contributed by atoms with Gasteiger partial charge < -0.3 is 15.2 Å². The van der Waals surface area contributed by atoms with Crippen molar-refractivity contribution in [2.75, 3.05) is 19.0 Å². The van der Waals surface area contributed by atoms with Crippen LogP contribution in [0.1, 0.15) is 27.5 Å². The van der Waals surface area contributed by atoms with Gasteiger partial charge >= 0.3 is 12.1 Å². The van der Waals surface area contributed by atoms with Crippen LogP contribution in [-0.4, -0.2) is 40.7 Å². The number of amides is 1. The summed E-state index contributed by atoms with van der Waals surface area (Å²) in [6, 6.07) is 6.93. The third kappa shape index (κ3) is 3.43. The fraction of sp³-hybridized carbons (Fsp3) is 0.235. The summed E-state index contributed by atoms with van der Waals surface area (Å²) in [7, 11) is 1.31. The average molecular weight is 406 g/mol. The molecule has 0 saturated heterocycles. The first-order valence-electron chi connectivity index (χ1n) is 7.55. The maximum atomic E-state index is 11.8. The van der Waals surface area contributed by atoms with Gasteiger partial charge in [-0.1, -0.05) is 22.0 Å². The molecule has 2 N–H and O–H groups in total. The van der Waals surface area contributed by atoms with E-state index in [9.17, 15) is 14.7 Å². The number of methoxy groups -OCH3 is 1. The highest BCUT2D eigenvalue weighted by molar-refractivity contribution is 9.10. The number of benzene rings is 1. The van der Waals surface area contributed by atoms with Crippen LogP contribution in [0, 0.1) is 0 Å². The van der Waals surface area contributed by atoms with Crippen LogP contribution in [-0.2, 0) is 11.3 Å². The van der Waals surface area contributed by atoms with E-state index in [1.165, 1.54) is 24.4 Å². The highest BCUT2D eigenvalue weighted by atomic mass is 79.9. The van der Waals surface area contributed by atoms with Crippen molar-refractivity contribution in [1.82, 2.24) is 9.88 Å². The Kier molecular flexibility index (Phi) is 4.89. The minimum absolute atomic E-state index is 0.316. The van der Waals surface area contributed by atoms with Gasteiger partial charge in [-0.05, 0) is 29.3 Å².